The molecule has 2 unspecified atom stereocenters. The van der Waals surface area contributed by atoms with Crippen molar-refractivity contribution in [3.8, 4) is 0 Å². The van der Waals surface area contributed by atoms with Gasteiger partial charge in [-0.2, -0.15) is 0 Å². The third kappa shape index (κ3) is 3.73. The first-order valence-corrected chi connectivity index (χ1v) is 5.25. The summed E-state index contributed by atoms with van der Waals surface area (Å²) in [5, 5.41) is 3.36. The molecule has 14 heavy (non-hydrogen) atoms. The average molecular weight is 193 g/mol. The maximum Gasteiger partial charge on any atom is 0.129 e. The number of hydrogen-bond donors (Lipinski definition) is 1. The van der Waals surface area contributed by atoms with Crippen molar-refractivity contribution in [3.63, 3.8) is 0 Å². The van der Waals surface area contributed by atoms with Crippen LogP contribution in [0.1, 0.15) is 33.6 Å². The zero-order valence-electron chi connectivity index (χ0n) is 9.20. The van der Waals surface area contributed by atoms with E-state index in [-0.39, 0.29) is 0 Å². The van der Waals surface area contributed by atoms with Gasteiger partial charge < -0.3 is 5.32 Å². The Morgan fingerprint density at radius 3 is 2.79 bits per heavy atom. The van der Waals surface area contributed by atoms with E-state index in [0.29, 0.717) is 6.04 Å². The van der Waals surface area contributed by atoms with Crippen LogP contribution in [0.5, 0.6) is 0 Å². The minimum Gasteiger partial charge on any atom is -0.368 e. The second-order valence-corrected chi connectivity index (χ2v) is 3.89. The second kappa shape index (κ2) is 5.58. The molecule has 0 saturated heterocycles. The van der Waals surface area contributed by atoms with Crippen LogP contribution >= 0.6 is 0 Å². The summed E-state index contributed by atoms with van der Waals surface area (Å²) < 4.78 is 0. The van der Waals surface area contributed by atoms with Crippen LogP contribution in [0.4, 0.5) is 5.82 Å². The molecule has 0 aromatic carbocycles. The van der Waals surface area contributed by atoms with Gasteiger partial charge >= 0.3 is 0 Å². The number of nitrogens with one attached hydrogen (secondary N) is 1. The lowest BCUT2D eigenvalue weighted by molar-refractivity contribution is 0.483. The van der Waals surface area contributed by atoms with Crippen molar-refractivity contribution in [2.45, 2.75) is 39.7 Å². The van der Waals surface area contributed by atoms with Gasteiger partial charge in [0.25, 0.3) is 0 Å². The molecular weight excluding hydrogens is 174 g/mol. The highest BCUT2D eigenvalue weighted by Crippen LogP contribution is 2.12. The van der Waals surface area contributed by atoms with Crippen LogP contribution < -0.4 is 5.32 Å². The Bertz CT molecular complexity index is 248. The van der Waals surface area contributed by atoms with Gasteiger partial charge in [0.1, 0.15) is 12.1 Å². The van der Waals surface area contributed by atoms with E-state index in [1.165, 1.54) is 12.8 Å². The molecule has 3 nitrogen and oxygen atoms in total. The Labute approximate surface area is 86.0 Å². The van der Waals surface area contributed by atoms with E-state index < -0.39 is 0 Å². The van der Waals surface area contributed by atoms with Crippen LogP contribution in [0.25, 0.3) is 0 Å². The molecule has 0 aliphatic carbocycles. The first-order valence-electron chi connectivity index (χ1n) is 5.25. The summed E-state index contributed by atoms with van der Waals surface area (Å²) in [6, 6.07) is 2.37. The van der Waals surface area contributed by atoms with Gasteiger partial charge in [-0.05, 0) is 25.3 Å². The van der Waals surface area contributed by atoms with Crippen molar-refractivity contribution in [1.29, 1.82) is 0 Å². The number of rotatable bonds is 5. The van der Waals surface area contributed by atoms with Gasteiger partial charge in [-0.1, -0.05) is 20.3 Å². The smallest absolute Gasteiger partial charge is 0.129 e. The predicted molar refractivity (Wildman–Crippen MR) is 59.2 cm³/mol. The molecule has 0 amide bonds. The van der Waals surface area contributed by atoms with E-state index in [1.54, 1.807) is 12.5 Å². The fraction of sp³-hybridized carbons (Fsp3) is 0.636. The van der Waals surface area contributed by atoms with Crippen molar-refractivity contribution in [1.82, 2.24) is 9.97 Å². The average Bonchev–Trinajstić information content (AvgIpc) is 2.19. The first-order chi connectivity index (χ1) is 6.72. The maximum atomic E-state index is 4.13. The van der Waals surface area contributed by atoms with Crippen molar-refractivity contribution in [2.75, 3.05) is 5.32 Å². The minimum absolute atomic E-state index is 0.472. The Balaban J connectivity index is 2.37. The van der Waals surface area contributed by atoms with Crippen molar-refractivity contribution >= 4 is 5.82 Å². The SMILES string of the molecule is CCC(C)CC(C)Nc1ccncn1. The number of aromatic nitrogens is 2. The third-order valence-electron chi connectivity index (χ3n) is 2.43. The van der Waals surface area contributed by atoms with Gasteiger partial charge in [-0.15, -0.1) is 0 Å². The summed E-state index contributed by atoms with van der Waals surface area (Å²) in [5.74, 6) is 1.68. The molecule has 0 bridgehead atoms. The van der Waals surface area contributed by atoms with Crippen LogP contribution in [0, 0.1) is 5.92 Å². The quantitative estimate of drug-likeness (QED) is 0.781. The van der Waals surface area contributed by atoms with Crippen molar-refractivity contribution in [2.24, 2.45) is 5.92 Å². The van der Waals surface area contributed by atoms with Gasteiger partial charge in [-0.25, -0.2) is 9.97 Å². The number of hydrogen-bond acceptors (Lipinski definition) is 3. The van der Waals surface area contributed by atoms with Crippen LogP contribution in [0.15, 0.2) is 18.6 Å². The number of nitrogens with zero attached hydrogens (tertiary/aromatic N) is 2. The molecule has 0 aliphatic heterocycles. The normalized spacial score (nSPS) is 14.8. The van der Waals surface area contributed by atoms with Crippen LogP contribution in [-0.4, -0.2) is 16.0 Å². The molecule has 78 valence electrons. The predicted octanol–water partition coefficient (Wildman–Crippen LogP) is 2.71. The van der Waals surface area contributed by atoms with E-state index in [2.05, 4.69) is 36.1 Å². The van der Waals surface area contributed by atoms with E-state index in [4.69, 9.17) is 0 Å². The molecule has 1 rings (SSSR count). The Hall–Kier alpha value is -1.12. The molecule has 1 aromatic rings. The molecule has 2 atom stereocenters. The minimum atomic E-state index is 0.472. The van der Waals surface area contributed by atoms with Gasteiger partial charge in [0, 0.05) is 12.2 Å². The largest absolute Gasteiger partial charge is 0.368 e. The summed E-state index contributed by atoms with van der Waals surface area (Å²) in [5.41, 5.74) is 0. The molecule has 3 heteroatoms. The highest BCUT2D eigenvalue weighted by molar-refractivity contribution is 5.32. The lowest BCUT2D eigenvalue weighted by atomic mass is 10.0. The Morgan fingerprint density at radius 2 is 2.21 bits per heavy atom. The zero-order chi connectivity index (χ0) is 10.4. The lowest BCUT2D eigenvalue weighted by Crippen LogP contribution is -2.18. The standard InChI is InChI=1S/C11H19N3/c1-4-9(2)7-10(3)14-11-5-6-12-8-13-11/h5-6,8-10H,4,7H2,1-3H3,(H,12,13,14). The molecule has 0 fully saturated rings. The monoisotopic (exact) mass is 193 g/mol. The summed E-state index contributed by atoms with van der Waals surface area (Å²) in [6.45, 7) is 6.69. The Morgan fingerprint density at radius 1 is 1.43 bits per heavy atom. The van der Waals surface area contributed by atoms with Gasteiger partial charge in [0.05, 0.1) is 0 Å². The molecule has 0 spiro atoms. The fourth-order valence-corrected chi connectivity index (χ4v) is 1.46. The molecule has 0 radical (unpaired) electrons. The third-order valence-corrected chi connectivity index (χ3v) is 2.43. The van der Waals surface area contributed by atoms with Crippen LogP contribution in [0.3, 0.4) is 0 Å². The summed E-state index contributed by atoms with van der Waals surface area (Å²) in [6.07, 6.45) is 5.74. The molecule has 1 N–H and O–H groups in total. The van der Waals surface area contributed by atoms with E-state index in [9.17, 15) is 0 Å². The van der Waals surface area contributed by atoms with Gasteiger partial charge in [0.15, 0.2) is 0 Å². The zero-order valence-corrected chi connectivity index (χ0v) is 9.20. The van der Waals surface area contributed by atoms with Gasteiger partial charge in [0.2, 0.25) is 0 Å². The second-order valence-electron chi connectivity index (χ2n) is 3.89. The molecular formula is C11H19N3. The highest BCUT2D eigenvalue weighted by Gasteiger charge is 2.06. The lowest BCUT2D eigenvalue weighted by Gasteiger charge is -2.17. The van der Waals surface area contributed by atoms with E-state index in [0.717, 1.165) is 11.7 Å². The van der Waals surface area contributed by atoms with Gasteiger partial charge in [-0.3, -0.25) is 0 Å². The summed E-state index contributed by atoms with van der Waals surface area (Å²) in [4.78, 5) is 8.01. The van der Waals surface area contributed by atoms with E-state index >= 15 is 0 Å². The van der Waals surface area contributed by atoms with Crippen molar-refractivity contribution in [3.05, 3.63) is 18.6 Å². The molecule has 1 heterocycles. The summed E-state index contributed by atoms with van der Waals surface area (Å²) >= 11 is 0. The molecule has 0 aliphatic rings. The topological polar surface area (TPSA) is 37.8 Å². The summed E-state index contributed by atoms with van der Waals surface area (Å²) in [7, 11) is 0. The fourth-order valence-electron chi connectivity index (χ4n) is 1.46. The Kier molecular flexibility index (Phi) is 4.36. The van der Waals surface area contributed by atoms with Crippen molar-refractivity contribution < 1.29 is 0 Å². The molecule has 0 saturated carbocycles. The van der Waals surface area contributed by atoms with E-state index in [1.807, 2.05) is 6.07 Å². The first kappa shape index (κ1) is 11.0. The van der Waals surface area contributed by atoms with Crippen LogP contribution in [-0.2, 0) is 0 Å². The van der Waals surface area contributed by atoms with Crippen LogP contribution in [0.2, 0.25) is 0 Å². The highest BCUT2D eigenvalue weighted by atomic mass is 15.0. The number of anilines is 1. The molecule has 1 aromatic heterocycles. The maximum absolute atomic E-state index is 4.13.